The zero-order valence-corrected chi connectivity index (χ0v) is 13.0. The largest absolute Gasteiger partial charge is 0.382 e. The molecule has 5 nitrogen and oxygen atoms in total. The number of amides is 1. The molecule has 1 N–H and O–H groups in total. The van der Waals surface area contributed by atoms with Gasteiger partial charge in [0, 0.05) is 0 Å². The van der Waals surface area contributed by atoms with E-state index in [1.165, 1.54) is 30.3 Å². The van der Waals surface area contributed by atoms with Crippen LogP contribution >= 0.6 is 0 Å². The molecule has 2 aromatic rings. The maximum atomic E-state index is 14.5. The molecular weight excluding hydrogens is 354 g/mol. The van der Waals surface area contributed by atoms with Gasteiger partial charge in [-0.05, 0) is 23.8 Å². The number of pyridine rings is 1. The minimum atomic E-state index is -4.06. The number of hydrogen-bond donors (Lipinski definition) is 1. The van der Waals surface area contributed by atoms with E-state index in [1.807, 2.05) is 0 Å². The van der Waals surface area contributed by atoms with Crippen LogP contribution in [-0.4, -0.2) is 22.4 Å². The molecule has 9 heteroatoms. The number of aliphatic hydroxyl groups excluding tert-OH is 1. The van der Waals surface area contributed by atoms with Crippen LogP contribution < -0.4 is 4.90 Å². The van der Waals surface area contributed by atoms with E-state index in [4.69, 9.17) is 5.26 Å². The zero-order valence-electron chi connectivity index (χ0n) is 13.0. The van der Waals surface area contributed by atoms with Crippen LogP contribution in [0.2, 0.25) is 0 Å². The molecule has 0 saturated heterocycles. The average molecular weight is 365 g/mol. The minimum Gasteiger partial charge on any atom is -0.382 e. The molecular formula is C17H11F4N3O2. The normalized spacial score (nSPS) is 16.5. The van der Waals surface area contributed by atoms with Crippen LogP contribution in [0.5, 0.6) is 0 Å². The molecule has 1 unspecified atom stereocenters. The molecule has 0 fully saturated rings. The Hall–Kier alpha value is -2.99. The van der Waals surface area contributed by atoms with Gasteiger partial charge in [-0.2, -0.15) is 14.0 Å². The molecule has 1 atom stereocenters. The number of aromatic nitrogens is 1. The third-order valence-electron chi connectivity index (χ3n) is 3.99. The molecule has 2 heterocycles. The second-order valence-electron chi connectivity index (χ2n) is 5.61. The fourth-order valence-electron chi connectivity index (χ4n) is 2.84. The third-order valence-corrected chi connectivity index (χ3v) is 3.99. The van der Waals surface area contributed by atoms with Crippen molar-refractivity contribution in [2.24, 2.45) is 0 Å². The Balaban J connectivity index is 2.08. The van der Waals surface area contributed by atoms with E-state index < -0.39 is 35.5 Å². The second-order valence-corrected chi connectivity index (χ2v) is 5.61. The highest BCUT2D eigenvalue weighted by Crippen LogP contribution is 2.48. The lowest BCUT2D eigenvalue weighted by Crippen LogP contribution is -2.34. The molecule has 0 bridgehead atoms. The highest BCUT2D eigenvalue weighted by Gasteiger charge is 2.55. The van der Waals surface area contributed by atoms with E-state index in [0.717, 1.165) is 6.07 Å². The average Bonchev–Trinajstić information content (AvgIpc) is 2.82. The van der Waals surface area contributed by atoms with Crippen molar-refractivity contribution in [1.82, 2.24) is 4.98 Å². The number of nitriles is 1. The predicted octanol–water partition coefficient (Wildman–Crippen LogP) is 2.89. The van der Waals surface area contributed by atoms with Crippen molar-refractivity contribution >= 4 is 11.6 Å². The summed E-state index contributed by atoms with van der Waals surface area (Å²) in [5.41, 5.74) is -1.68. The molecule has 1 aliphatic rings. The predicted molar refractivity (Wildman–Crippen MR) is 81.4 cm³/mol. The summed E-state index contributed by atoms with van der Waals surface area (Å²) in [6, 6.07) is 9.47. The highest BCUT2D eigenvalue weighted by atomic mass is 19.3. The van der Waals surface area contributed by atoms with Crippen LogP contribution in [0.25, 0.3) is 0 Å². The van der Waals surface area contributed by atoms with E-state index in [2.05, 4.69) is 4.98 Å². The lowest BCUT2D eigenvalue weighted by molar-refractivity contribution is -0.142. The number of halogens is 4. The Labute approximate surface area is 145 Å². The van der Waals surface area contributed by atoms with Gasteiger partial charge in [-0.3, -0.25) is 4.79 Å². The van der Waals surface area contributed by atoms with Crippen LogP contribution in [0, 0.1) is 11.3 Å². The van der Waals surface area contributed by atoms with Crippen molar-refractivity contribution < 1.29 is 27.5 Å². The molecule has 3 rings (SSSR count). The Kier molecular flexibility index (Phi) is 4.38. The molecule has 1 aliphatic heterocycles. The maximum absolute atomic E-state index is 14.5. The topological polar surface area (TPSA) is 77.2 Å². The van der Waals surface area contributed by atoms with Gasteiger partial charge in [-0.1, -0.05) is 18.2 Å². The Bertz CT molecular complexity index is 911. The Morgan fingerprint density at radius 3 is 2.58 bits per heavy atom. The number of anilines is 1. The number of nitrogens with zero attached hydrogens (tertiary/aromatic N) is 3. The van der Waals surface area contributed by atoms with Crippen LogP contribution in [0.3, 0.4) is 0 Å². The first kappa shape index (κ1) is 17.8. The van der Waals surface area contributed by atoms with Gasteiger partial charge in [0.1, 0.15) is 17.9 Å². The van der Waals surface area contributed by atoms with E-state index >= 15 is 0 Å². The second kappa shape index (κ2) is 6.38. The molecule has 0 saturated carbocycles. The van der Waals surface area contributed by atoms with Crippen LogP contribution in [0.15, 0.2) is 36.4 Å². The molecule has 1 amide bonds. The zero-order chi connectivity index (χ0) is 19.1. The lowest BCUT2D eigenvalue weighted by atomic mass is 9.98. The number of hydrogen-bond acceptors (Lipinski definition) is 4. The number of benzene rings is 1. The monoisotopic (exact) mass is 365 g/mol. The number of carbonyl (C=O) groups is 1. The number of aliphatic hydroxyl groups is 1. The van der Waals surface area contributed by atoms with Gasteiger partial charge in [0.25, 0.3) is 6.43 Å². The smallest absolute Gasteiger partial charge is 0.352 e. The van der Waals surface area contributed by atoms with Gasteiger partial charge in [0.05, 0.1) is 23.5 Å². The first-order valence-electron chi connectivity index (χ1n) is 7.42. The first-order chi connectivity index (χ1) is 12.3. The van der Waals surface area contributed by atoms with Gasteiger partial charge in [0.15, 0.2) is 0 Å². The van der Waals surface area contributed by atoms with Gasteiger partial charge >= 0.3 is 11.8 Å². The number of alkyl halides is 4. The van der Waals surface area contributed by atoms with Crippen LogP contribution in [-0.2, 0) is 17.3 Å². The van der Waals surface area contributed by atoms with Crippen molar-refractivity contribution in [1.29, 1.82) is 5.26 Å². The summed E-state index contributed by atoms with van der Waals surface area (Å²) in [6.45, 7) is -0.370. The highest BCUT2D eigenvalue weighted by molar-refractivity contribution is 6.06. The van der Waals surface area contributed by atoms with E-state index in [-0.39, 0.29) is 23.6 Å². The van der Waals surface area contributed by atoms with Crippen molar-refractivity contribution in [2.45, 2.75) is 25.0 Å². The van der Waals surface area contributed by atoms with Gasteiger partial charge in [-0.15, -0.1) is 0 Å². The van der Waals surface area contributed by atoms with Crippen molar-refractivity contribution in [3.8, 4) is 6.07 Å². The van der Waals surface area contributed by atoms with Crippen molar-refractivity contribution in [3.63, 3.8) is 0 Å². The molecule has 1 aromatic carbocycles. The molecule has 1 aromatic heterocycles. The fraction of sp³-hybridized carbons (Fsp3) is 0.235. The summed E-state index contributed by atoms with van der Waals surface area (Å²) >= 11 is 0. The Morgan fingerprint density at radius 2 is 1.92 bits per heavy atom. The summed E-state index contributed by atoms with van der Waals surface area (Å²) in [5.74, 6) is -5.67. The molecule has 26 heavy (non-hydrogen) atoms. The SMILES string of the molecule is N#Cc1cccc(CN2C(=O)C(F)(F)c3c(C(O)C(F)F)cccc32)n1. The lowest BCUT2D eigenvalue weighted by Gasteiger charge is -2.17. The number of fused-ring (bicyclic) bond motifs is 1. The quantitative estimate of drug-likeness (QED) is 0.846. The molecule has 134 valence electrons. The van der Waals surface area contributed by atoms with Gasteiger partial charge < -0.3 is 10.0 Å². The molecule has 0 aliphatic carbocycles. The Morgan fingerprint density at radius 1 is 1.23 bits per heavy atom. The molecule has 0 radical (unpaired) electrons. The minimum absolute atomic E-state index is 0.0444. The van der Waals surface area contributed by atoms with Crippen molar-refractivity contribution in [2.75, 3.05) is 4.90 Å². The molecule has 0 spiro atoms. The van der Waals surface area contributed by atoms with E-state index in [0.29, 0.717) is 4.90 Å². The standard InChI is InChI=1S/C17H11F4N3O2/c18-15(19)14(25)11-5-2-6-12-13(11)17(20,21)16(26)24(12)8-10-4-1-3-9(7-22)23-10/h1-6,14-15,25H,8H2. The first-order valence-corrected chi connectivity index (χ1v) is 7.42. The number of carbonyl (C=O) groups excluding carboxylic acids is 1. The van der Waals surface area contributed by atoms with E-state index in [9.17, 15) is 27.5 Å². The summed E-state index contributed by atoms with van der Waals surface area (Å²) in [7, 11) is 0. The van der Waals surface area contributed by atoms with Crippen molar-refractivity contribution in [3.05, 3.63) is 58.9 Å². The maximum Gasteiger partial charge on any atom is 0.352 e. The fourth-order valence-corrected chi connectivity index (χ4v) is 2.84. The van der Waals surface area contributed by atoms with Crippen LogP contribution in [0.1, 0.15) is 28.6 Å². The van der Waals surface area contributed by atoms with E-state index in [1.54, 1.807) is 6.07 Å². The summed E-state index contributed by atoms with van der Waals surface area (Å²) in [5, 5.41) is 18.4. The third kappa shape index (κ3) is 2.78. The van der Waals surface area contributed by atoms with Gasteiger partial charge in [0.2, 0.25) is 0 Å². The van der Waals surface area contributed by atoms with Gasteiger partial charge in [-0.25, -0.2) is 13.8 Å². The van der Waals surface area contributed by atoms with Crippen LogP contribution in [0.4, 0.5) is 23.2 Å². The summed E-state index contributed by atoms with van der Waals surface area (Å²) < 4.78 is 54.6. The summed E-state index contributed by atoms with van der Waals surface area (Å²) in [6.07, 6.45) is -5.72. The summed E-state index contributed by atoms with van der Waals surface area (Å²) in [4.78, 5) is 16.8. The number of rotatable bonds is 4.